The molecule has 16 heavy (non-hydrogen) atoms. The second kappa shape index (κ2) is 7.66. The van der Waals surface area contributed by atoms with Crippen molar-refractivity contribution in [1.29, 1.82) is 0 Å². The van der Waals surface area contributed by atoms with Gasteiger partial charge in [-0.3, -0.25) is 4.79 Å². The molecule has 0 rings (SSSR count). The molecule has 3 heteroatoms. The molecule has 0 fully saturated rings. The van der Waals surface area contributed by atoms with Crippen molar-refractivity contribution in [2.75, 3.05) is 7.11 Å². The Morgan fingerprint density at radius 1 is 1.25 bits per heavy atom. The van der Waals surface area contributed by atoms with Gasteiger partial charge in [0.25, 0.3) is 0 Å². The molecule has 0 aromatic carbocycles. The van der Waals surface area contributed by atoms with Crippen LogP contribution in [0, 0.1) is 5.41 Å². The van der Waals surface area contributed by atoms with Gasteiger partial charge < -0.3 is 9.84 Å². The average molecular weight is 230 g/mol. The van der Waals surface area contributed by atoms with E-state index in [1.165, 1.54) is 26.4 Å². The van der Waals surface area contributed by atoms with Crippen molar-refractivity contribution in [3.8, 4) is 0 Å². The lowest BCUT2D eigenvalue weighted by Gasteiger charge is -2.27. The van der Waals surface area contributed by atoms with Crippen molar-refractivity contribution in [2.24, 2.45) is 5.41 Å². The summed E-state index contributed by atoms with van der Waals surface area (Å²) in [5.74, 6) is -0.339. The summed E-state index contributed by atoms with van der Waals surface area (Å²) >= 11 is 0. The molecular weight excluding hydrogens is 204 g/mol. The fraction of sp³-hybridized carbons (Fsp3) is 0.923. The first-order valence-corrected chi connectivity index (χ1v) is 6.23. The largest absolute Gasteiger partial charge is 0.469 e. The third-order valence-corrected chi connectivity index (χ3v) is 3.13. The van der Waals surface area contributed by atoms with Crippen molar-refractivity contribution < 1.29 is 14.6 Å². The molecule has 0 saturated heterocycles. The van der Waals surface area contributed by atoms with E-state index in [2.05, 4.69) is 11.7 Å². The second-order valence-corrected chi connectivity index (χ2v) is 4.93. The van der Waals surface area contributed by atoms with E-state index in [4.69, 9.17) is 0 Å². The van der Waals surface area contributed by atoms with Crippen LogP contribution in [0.25, 0.3) is 0 Å². The number of methoxy groups -OCH3 is 1. The molecule has 0 aliphatic carbocycles. The van der Waals surface area contributed by atoms with Gasteiger partial charge in [0.1, 0.15) is 0 Å². The van der Waals surface area contributed by atoms with E-state index in [9.17, 15) is 9.90 Å². The SMILES string of the molecule is CCCCCCC[C@H](O)C(C)(C)C(=O)OC. The molecule has 0 aliphatic rings. The fourth-order valence-corrected chi connectivity index (χ4v) is 1.70. The Hall–Kier alpha value is -0.570. The highest BCUT2D eigenvalue weighted by Gasteiger charge is 2.36. The maximum absolute atomic E-state index is 11.4. The van der Waals surface area contributed by atoms with Crippen molar-refractivity contribution in [3.05, 3.63) is 0 Å². The van der Waals surface area contributed by atoms with Crippen LogP contribution < -0.4 is 0 Å². The molecule has 1 N–H and O–H groups in total. The number of hydrogen-bond donors (Lipinski definition) is 1. The van der Waals surface area contributed by atoms with Crippen molar-refractivity contribution in [2.45, 2.75) is 65.4 Å². The summed E-state index contributed by atoms with van der Waals surface area (Å²) in [6.45, 7) is 5.64. The van der Waals surface area contributed by atoms with E-state index in [1.54, 1.807) is 13.8 Å². The van der Waals surface area contributed by atoms with Crippen LogP contribution in [0.2, 0.25) is 0 Å². The van der Waals surface area contributed by atoms with Crippen LogP contribution in [0.4, 0.5) is 0 Å². The van der Waals surface area contributed by atoms with Crippen LogP contribution >= 0.6 is 0 Å². The van der Waals surface area contributed by atoms with Crippen LogP contribution in [0.3, 0.4) is 0 Å². The Kier molecular flexibility index (Phi) is 7.39. The van der Waals surface area contributed by atoms with Gasteiger partial charge in [-0.15, -0.1) is 0 Å². The maximum atomic E-state index is 11.4. The molecule has 96 valence electrons. The zero-order valence-corrected chi connectivity index (χ0v) is 11.1. The Morgan fingerprint density at radius 3 is 2.31 bits per heavy atom. The number of aliphatic hydroxyl groups excluding tert-OH is 1. The predicted octanol–water partition coefficient (Wildman–Crippen LogP) is 2.91. The minimum absolute atomic E-state index is 0.339. The van der Waals surface area contributed by atoms with Crippen molar-refractivity contribution in [3.63, 3.8) is 0 Å². The standard InChI is InChI=1S/C13H26O3/c1-5-6-7-8-9-10-11(14)13(2,3)12(15)16-4/h11,14H,5-10H2,1-4H3/t11-/m0/s1. The minimum Gasteiger partial charge on any atom is -0.469 e. The number of carbonyl (C=O) groups is 1. The Morgan fingerprint density at radius 2 is 1.81 bits per heavy atom. The van der Waals surface area contributed by atoms with Gasteiger partial charge in [0.2, 0.25) is 0 Å². The number of rotatable bonds is 8. The van der Waals surface area contributed by atoms with E-state index in [-0.39, 0.29) is 5.97 Å². The second-order valence-electron chi connectivity index (χ2n) is 4.93. The van der Waals surface area contributed by atoms with E-state index in [1.807, 2.05) is 0 Å². The first-order chi connectivity index (χ1) is 7.46. The first-order valence-electron chi connectivity index (χ1n) is 6.23. The summed E-state index contributed by atoms with van der Waals surface area (Å²) in [6.07, 6.45) is 5.84. The third-order valence-electron chi connectivity index (χ3n) is 3.13. The van der Waals surface area contributed by atoms with E-state index in [0.717, 1.165) is 12.8 Å². The monoisotopic (exact) mass is 230 g/mol. The number of esters is 1. The summed E-state index contributed by atoms with van der Waals surface area (Å²) in [4.78, 5) is 11.4. The van der Waals surface area contributed by atoms with Crippen LogP contribution in [0.1, 0.15) is 59.3 Å². The molecular formula is C13H26O3. The molecule has 0 saturated carbocycles. The molecule has 1 atom stereocenters. The number of hydrogen-bond acceptors (Lipinski definition) is 3. The lowest BCUT2D eigenvalue weighted by molar-refractivity contribution is -0.157. The van der Waals surface area contributed by atoms with Crippen molar-refractivity contribution in [1.82, 2.24) is 0 Å². The minimum atomic E-state index is -0.792. The Bertz CT molecular complexity index is 199. The predicted molar refractivity (Wildman–Crippen MR) is 65.2 cm³/mol. The Balaban J connectivity index is 3.86. The number of ether oxygens (including phenoxy) is 1. The van der Waals surface area contributed by atoms with E-state index >= 15 is 0 Å². The normalized spacial score (nSPS) is 13.6. The van der Waals surface area contributed by atoms with Crippen LogP contribution in [-0.2, 0) is 9.53 Å². The molecule has 0 amide bonds. The highest BCUT2D eigenvalue weighted by molar-refractivity contribution is 5.76. The summed E-state index contributed by atoms with van der Waals surface area (Å²) in [5, 5.41) is 9.93. The van der Waals surface area contributed by atoms with Crippen molar-refractivity contribution >= 4 is 5.97 Å². The van der Waals surface area contributed by atoms with Crippen LogP contribution in [0.5, 0.6) is 0 Å². The molecule has 3 nitrogen and oxygen atoms in total. The fourth-order valence-electron chi connectivity index (χ4n) is 1.70. The molecule has 0 unspecified atom stereocenters. The number of carbonyl (C=O) groups excluding carboxylic acids is 1. The highest BCUT2D eigenvalue weighted by atomic mass is 16.5. The lowest BCUT2D eigenvalue weighted by Crippen LogP contribution is -2.38. The average Bonchev–Trinajstić information content (AvgIpc) is 2.27. The molecule has 0 aromatic rings. The van der Waals surface area contributed by atoms with Gasteiger partial charge in [0, 0.05) is 0 Å². The molecule has 0 heterocycles. The van der Waals surface area contributed by atoms with Gasteiger partial charge >= 0.3 is 5.97 Å². The topological polar surface area (TPSA) is 46.5 Å². The quantitative estimate of drug-likeness (QED) is 0.515. The third kappa shape index (κ3) is 4.97. The van der Waals surface area contributed by atoms with E-state index < -0.39 is 11.5 Å². The van der Waals surface area contributed by atoms with Gasteiger partial charge in [-0.25, -0.2) is 0 Å². The zero-order valence-electron chi connectivity index (χ0n) is 11.1. The van der Waals surface area contributed by atoms with Gasteiger partial charge in [-0.2, -0.15) is 0 Å². The highest BCUT2D eigenvalue weighted by Crippen LogP contribution is 2.26. The van der Waals surface area contributed by atoms with Gasteiger partial charge in [-0.05, 0) is 20.3 Å². The molecule has 0 aliphatic heterocycles. The smallest absolute Gasteiger partial charge is 0.313 e. The first kappa shape index (κ1) is 15.4. The molecule has 0 aromatic heterocycles. The zero-order chi connectivity index (χ0) is 12.6. The van der Waals surface area contributed by atoms with Gasteiger partial charge in [0.05, 0.1) is 18.6 Å². The molecule has 0 spiro atoms. The summed E-state index contributed by atoms with van der Waals surface area (Å²) in [6, 6.07) is 0. The Labute approximate surface area is 99.2 Å². The van der Waals surface area contributed by atoms with Crippen LogP contribution in [-0.4, -0.2) is 24.3 Å². The maximum Gasteiger partial charge on any atom is 0.313 e. The lowest BCUT2D eigenvalue weighted by atomic mass is 9.84. The molecule has 0 bridgehead atoms. The number of unbranched alkanes of at least 4 members (excludes halogenated alkanes) is 4. The summed E-state index contributed by atoms with van der Waals surface area (Å²) < 4.78 is 4.68. The van der Waals surface area contributed by atoms with Crippen LogP contribution in [0.15, 0.2) is 0 Å². The van der Waals surface area contributed by atoms with Gasteiger partial charge in [-0.1, -0.05) is 39.0 Å². The number of aliphatic hydroxyl groups is 1. The molecule has 0 radical (unpaired) electrons. The summed E-state index contributed by atoms with van der Waals surface area (Å²) in [7, 11) is 1.36. The van der Waals surface area contributed by atoms with Gasteiger partial charge in [0.15, 0.2) is 0 Å². The van der Waals surface area contributed by atoms with E-state index in [0.29, 0.717) is 6.42 Å². The summed E-state index contributed by atoms with van der Waals surface area (Å²) in [5.41, 5.74) is -0.792.